The highest BCUT2D eigenvalue weighted by Crippen LogP contribution is 2.36. The summed E-state index contributed by atoms with van der Waals surface area (Å²) >= 11 is 0. The third kappa shape index (κ3) is 3.44. The summed E-state index contributed by atoms with van der Waals surface area (Å²) in [6, 6.07) is 11.0. The summed E-state index contributed by atoms with van der Waals surface area (Å²) in [6.45, 7) is 4.31. The molecule has 1 unspecified atom stereocenters. The van der Waals surface area contributed by atoms with Crippen LogP contribution < -0.4 is 16.0 Å². The molecule has 4 aliphatic rings. The van der Waals surface area contributed by atoms with E-state index in [4.69, 9.17) is 9.98 Å². The minimum Gasteiger partial charge on any atom is -0.372 e. The molecule has 4 aliphatic heterocycles. The fourth-order valence-electron chi connectivity index (χ4n) is 4.77. The van der Waals surface area contributed by atoms with E-state index in [0.717, 1.165) is 45.6 Å². The first-order valence-electron chi connectivity index (χ1n) is 11.0. The maximum Gasteiger partial charge on any atom is 0.0868 e. The fraction of sp³-hybridized carbons (Fsp3) is 0.143. The van der Waals surface area contributed by atoms with Crippen molar-refractivity contribution < 1.29 is 0 Å². The Hall–Kier alpha value is -3.92. The van der Waals surface area contributed by atoms with Crippen LogP contribution >= 0.6 is 0 Å². The zero-order chi connectivity index (χ0) is 21.7. The van der Waals surface area contributed by atoms with Gasteiger partial charge >= 0.3 is 0 Å². The number of allylic oxidation sites excluding steroid dienone is 6. The molecule has 1 atom stereocenters. The second-order valence-electron chi connectivity index (χ2n) is 8.87. The number of benzene rings is 1. The van der Waals surface area contributed by atoms with E-state index in [0.29, 0.717) is 0 Å². The molecule has 0 saturated carbocycles. The van der Waals surface area contributed by atoms with Crippen molar-refractivity contribution in [2.24, 2.45) is 9.98 Å². The standard InChI is InChI=1S/C28H24N4/c1-18-11-19(2)13-20(12-18)28-10-9-26(32-28)16-25-6-5-22(30-25)14-21-3-4-23(29-21)15-24-7-8-27(17-28)31-24/h3-9,11-17,30,32H,10H2,1-2H3. The van der Waals surface area contributed by atoms with E-state index in [1.54, 1.807) is 0 Å². The van der Waals surface area contributed by atoms with E-state index < -0.39 is 0 Å². The Labute approximate surface area is 187 Å². The van der Waals surface area contributed by atoms with Crippen molar-refractivity contribution in [1.82, 2.24) is 10.3 Å². The summed E-state index contributed by atoms with van der Waals surface area (Å²) in [7, 11) is 0. The van der Waals surface area contributed by atoms with Gasteiger partial charge in [-0.3, -0.25) is 0 Å². The van der Waals surface area contributed by atoms with E-state index in [1.807, 2.05) is 18.2 Å². The molecule has 1 aromatic heterocycles. The molecule has 4 nitrogen and oxygen atoms in total. The molecule has 0 spiro atoms. The molecule has 6 rings (SSSR count). The van der Waals surface area contributed by atoms with E-state index in [9.17, 15) is 0 Å². The molecule has 1 aromatic carbocycles. The van der Waals surface area contributed by atoms with Crippen molar-refractivity contribution >= 4 is 23.6 Å². The van der Waals surface area contributed by atoms with Crippen LogP contribution in [0.5, 0.6) is 0 Å². The lowest BCUT2D eigenvalue weighted by molar-refractivity contribution is 0.505. The molecule has 8 bridgehead atoms. The van der Waals surface area contributed by atoms with Crippen molar-refractivity contribution in [2.45, 2.75) is 25.8 Å². The van der Waals surface area contributed by atoms with Crippen molar-refractivity contribution in [3.05, 3.63) is 117 Å². The quantitative estimate of drug-likeness (QED) is 0.731. The molecule has 0 aliphatic carbocycles. The van der Waals surface area contributed by atoms with Crippen molar-refractivity contribution in [2.75, 3.05) is 0 Å². The van der Waals surface area contributed by atoms with Gasteiger partial charge in [-0.15, -0.1) is 0 Å². The van der Waals surface area contributed by atoms with Gasteiger partial charge in [-0.2, -0.15) is 0 Å². The molecule has 0 saturated heterocycles. The van der Waals surface area contributed by atoms with Crippen molar-refractivity contribution in [3.8, 4) is 0 Å². The average Bonchev–Trinajstić information content (AvgIpc) is 3.52. The number of aliphatic imine (C=N–C) groups is 2. The number of fused-ring (bicyclic) bond motifs is 6. The Morgan fingerprint density at radius 3 is 2.28 bits per heavy atom. The monoisotopic (exact) mass is 416 g/mol. The zero-order valence-electron chi connectivity index (χ0n) is 18.2. The van der Waals surface area contributed by atoms with E-state index in [2.05, 4.69) is 90.9 Å². The predicted octanol–water partition coefficient (Wildman–Crippen LogP) is 3.77. The number of rotatable bonds is 1. The highest BCUT2D eigenvalue weighted by molar-refractivity contribution is 6.19. The predicted molar refractivity (Wildman–Crippen MR) is 132 cm³/mol. The van der Waals surface area contributed by atoms with E-state index in [-0.39, 0.29) is 5.54 Å². The van der Waals surface area contributed by atoms with Crippen LogP contribution in [0.15, 0.2) is 99.9 Å². The molecule has 4 heteroatoms. The minimum atomic E-state index is -0.342. The number of H-pyrrole nitrogens is 1. The highest BCUT2D eigenvalue weighted by atomic mass is 15.0. The molecular weight excluding hydrogens is 392 g/mol. The molecule has 2 N–H and O–H groups in total. The lowest BCUT2D eigenvalue weighted by Gasteiger charge is -2.29. The van der Waals surface area contributed by atoms with Crippen LogP contribution in [0.4, 0.5) is 0 Å². The largest absolute Gasteiger partial charge is 0.372 e. The Morgan fingerprint density at radius 2 is 1.47 bits per heavy atom. The summed E-state index contributed by atoms with van der Waals surface area (Å²) in [5.74, 6) is 0. The maximum absolute atomic E-state index is 4.88. The lowest BCUT2D eigenvalue weighted by atomic mass is 9.85. The lowest BCUT2D eigenvalue weighted by Crippen LogP contribution is -2.36. The Morgan fingerprint density at radius 1 is 0.781 bits per heavy atom. The van der Waals surface area contributed by atoms with Crippen LogP contribution in [-0.2, 0) is 5.54 Å². The van der Waals surface area contributed by atoms with E-state index in [1.165, 1.54) is 16.7 Å². The summed E-state index contributed by atoms with van der Waals surface area (Å²) in [4.78, 5) is 13.1. The Kier molecular flexibility index (Phi) is 4.15. The molecule has 0 radical (unpaired) electrons. The summed E-state index contributed by atoms with van der Waals surface area (Å²) in [5, 5.41) is 5.91. The van der Waals surface area contributed by atoms with Crippen LogP contribution in [0.25, 0.3) is 12.2 Å². The average molecular weight is 417 g/mol. The normalized spacial score (nSPS) is 22.9. The third-order valence-electron chi connectivity index (χ3n) is 6.15. The molecular formula is C28H24N4. The van der Waals surface area contributed by atoms with Gasteiger partial charge in [0.2, 0.25) is 0 Å². The van der Waals surface area contributed by atoms with Gasteiger partial charge in [0, 0.05) is 16.4 Å². The first kappa shape index (κ1) is 18.8. The summed E-state index contributed by atoms with van der Waals surface area (Å²) < 4.78 is 0. The van der Waals surface area contributed by atoms with Crippen LogP contribution in [0.3, 0.4) is 0 Å². The van der Waals surface area contributed by atoms with Crippen LogP contribution in [0, 0.1) is 13.8 Å². The summed E-state index contributed by atoms with van der Waals surface area (Å²) in [5.41, 5.74) is 8.28. The minimum absolute atomic E-state index is 0.342. The topological polar surface area (TPSA) is 52.5 Å². The number of nitrogens with zero attached hydrogens (tertiary/aromatic N) is 2. The SMILES string of the molecule is Cc1cc(C)cc(C23C=C4C=CC(=N4)C=C4C=CC(=N4)C=c4ccc([nH]4)=CC(=CC2)N3)c1. The highest BCUT2D eigenvalue weighted by Gasteiger charge is 2.34. The zero-order valence-corrected chi connectivity index (χ0v) is 18.2. The Bertz CT molecular complexity index is 1460. The second kappa shape index (κ2) is 7.06. The molecule has 2 aromatic rings. The van der Waals surface area contributed by atoms with Gasteiger partial charge in [-0.25, -0.2) is 9.98 Å². The number of aryl methyl sites for hydroxylation is 2. The molecule has 0 fully saturated rings. The molecule has 5 heterocycles. The first-order chi connectivity index (χ1) is 15.5. The smallest absolute Gasteiger partial charge is 0.0868 e. The first-order valence-corrected chi connectivity index (χ1v) is 11.0. The number of nitrogens with one attached hydrogen (secondary N) is 2. The Balaban J connectivity index is 1.54. The fourth-order valence-corrected chi connectivity index (χ4v) is 4.77. The van der Waals surface area contributed by atoms with Gasteiger partial charge in [0.15, 0.2) is 0 Å². The number of hydrogen-bond donors (Lipinski definition) is 2. The number of aromatic amines is 1. The second-order valence-corrected chi connectivity index (χ2v) is 8.87. The van der Waals surface area contributed by atoms with Gasteiger partial charge < -0.3 is 10.3 Å². The number of aromatic nitrogens is 1. The van der Waals surface area contributed by atoms with Gasteiger partial charge in [-0.05, 0) is 86.6 Å². The van der Waals surface area contributed by atoms with Crippen LogP contribution in [0.2, 0.25) is 0 Å². The summed E-state index contributed by atoms with van der Waals surface area (Å²) in [6.07, 6.45) is 19.9. The van der Waals surface area contributed by atoms with Crippen LogP contribution in [-0.4, -0.2) is 16.4 Å². The van der Waals surface area contributed by atoms with Gasteiger partial charge in [0.25, 0.3) is 0 Å². The van der Waals surface area contributed by atoms with Gasteiger partial charge in [-0.1, -0.05) is 35.4 Å². The molecule has 0 amide bonds. The van der Waals surface area contributed by atoms with Gasteiger partial charge in [0.05, 0.1) is 28.4 Å². The van der Waals surface area contributed by atoms with Gasteiger partial charge in [0.1, 0.15) is 0 Å². The third-order valence-corrected chi connectivity index (χ3v) is 6.15. The maximum atomic E-state index is 4.88. The van der Waals surface area contributed by atoms with Crippen molar-refractivity contribution in [3.63, 3.8) is 0 Å². The molecule has 32 heavy (non-hydrogen) atoms. The number of hydrogen-bond acceptors (Lipinski definition) is 3. The van der Waals surface area contributed by atoms with Crippen molar-refractivity contribution in [1.29, 1.82) is 0 Å². The van der Waals surface area contributed by atoms with Crippen LogP contribution in [0.1, 0.15) is 23.1 Å². The molecule has 156 valence electrons. The van der Waals surface area contributed by atoms with E-state index >= 15 is 0 Å².